The minimum atomic E-state index is 1.03. The molecular formula is C14H24. The van der Waals surface area contributed by atoms with Gasteiger partial charge in [0, 0.05) is 0 Å². The summed E-state index contributed by atoms with van der Waals surface area (Å²) < 4.78 is 0. The topological polar surface area (TPSA) is 0 Å². The molecular weight excluding hydrogens is 168 g/mol. The summed E-state index contributed by atoms with van der Waals surface area (Å²) in [5, 5.41) is 0. The summed E-state index contributed by atoms with van der Waals surface area (Å²) in [4.78, 5) is 0. The molecule has 2 atom stereocenters. The van der Waals surface area contributed by atoms with Gasteiger partial charge in [-0.3, -0.25) is 0 Å². The first kappa shape index (κ1) is 9.24. The smallest absolute Gasteiger partial charge is 0.0383 e. The third-order valence-corrected chi connectivity index (χ3v) is 5.56. The van der Waals surface area contributed by atoms with Crippen LogP contribution in [0.2, 0.25) is 0 Å². The van der Waals surface area contributed by atoms with Crippen molar-refractivity contribution in [1.82, 2.24) is 0 Å². The van der Waals surface area contributed by atoms with Crippen LogP contribution < -0.4 is 0 Å². The third kappa shape index (κ3) is 1.42. The maximum absolute atomic E-state index is 2.52. The Kier molecular flexibility index (Phi) is 2.15. The van der Waals surface area contributed by atoms with Crippen molar-refractivity contribution in [3.05, 3.63) is 0 Å². The van der Waals surface area contributed by atoms with Crippen molar-refractivity contribution in [3.63, 3.8) is 0 Å². The highest BCUT2D eigenvalue weighted by Gasteiger charge is 2.42. The normalized spacial score (nSPS) is 57.0. The van der Waals surface area contributed by atoms with E-state index < -0.39 is 0 Å². The maximum Gasteiger partial charge on any atom is -0.0383 e. The van der Waals surface area contributed by atoms with Gasteiger partial charge in [-0.1, -0.05) is 13.8 Å². The van der Waals surface area contributed by atoms with Gasteiger partial charge in [0.15, 0.2) is 0 Å². The molecule has 0 N–H and O–H groups in total. The van der Waals surface area contributed by atoms with Crippen molar-refractivity contribution in [3.8, 4) is 0 Å². The number of rotatable bonds is 0. The zero-order chi connectivity index (χ0) is 9.71. The van der Waals surface area contributed by atoms with Crippen LogP contribution in [-0.2, 0) is 0 Å². The summed E-state index contributed by atoms with van der Waals surface area (Å²) in [7, 11) is 0. The fourth-order valence-corrected chi connectivity index (χ4v) is 4.85. The zero-order valence-corrected chi connectivity index (χ0v) is 9.71. The Balaban J connectivity index is 1.87. The summed E-state index contributed by atoms with van der Waals surface area (Å²) in [5.74, 6) is 6.51. The molecule has 4 aliphatic rings. The van der Waals surface area contributed by atoms with Gasteiger partial charge in [0.25, 0.3) is 0 Å². The van der Waals surface area contributed by atoms with Gasteiger partial charge in [-0.2, -0.15) is 0 Å². The Bertz CT molecular complexity index is 186. The van der Waals surface area contributed by atoms with Crippen LogP contribution in [0.25, 0.3) is 0 Å². The van der Waals surface area contributed by atoms with Crippen LogP contribution in [0.5, 0.6) is 0 Å². The monoisotopic (exact) mass is 192 g/mol. The lowest BCUT2D eigenvalue weighted by Gasteiger charge is -2.49. The van der Waals surface area contributed by atoms with Crippen LogP contribution in [0.3, 0.4) is 0 Å². The molecule has 2 unspecified atom stereocenters. The lowest BCUT2D eigenvalue weighted by atomic mass is 9.56. The van der Waals surface area contributed by atoms with Crippen molar-refractivity contribution in [2.75, 3.05) is 0 Å². The second-order valence-corrected chi connectivity index (χ2v) is 6.62. The average molecular weight is 192 g/mol. The van der Waals surface area contributed by atoms with E-state index in [1.807, 2.05) is 0 Å². The minimum absolute atomic E-state index is 1.03. The Labute approximate surface area is 88.5 Å². The largest absolute Gasteiger partial charge is 0.0622 e. The fourth-order valence-electron chi connectivity index (χ4n) is 4.85. The molecule has 4 saturated carbocycles. The second-order valence-electron chi connectivity index (χ2n) is 6.62. The molecule has 0 amide bonds. The summed E-state index contributed by atoms with van der Waals surface area (Å²) in [6.07, 6.45) is 9.45. The third-order valence-electron chi connectivity index (χ3n) is 5.56. The standard InChI is InChI=1S/C14H24/c1-9-3-10(2)14-7-11-4-12(8-14)6-13(9)5-11/h9-14H,3-8H2,1-2H3. The van der Waals surface area contributed by atoms with E-state index >= 15 is 0 Å². The van der Waals surface area contributed by atoms with Crippen molar-refractivity contribution in [1.29, 1.82) is 0 Å². The molecule has 0 saturated heterocycles. The van der Waals surface area contributed by atoms with E-state index in [2.05, 4.69) is 13.8 Å². The molecule has 4 bridgehead atoms. The van der Waals surface area contributed by atoms with Gasteiger partial charge in [0.05, 0.1) is 0 Å². The van der Waals surface area contributed by atoms with Gasteiger partial charge in [-0.05, 0) is 74.0 Å². The van der Waals surface area contributed by atoms with E-state index in [9.17, 15) is 0 Å². The van der Waals surface area contributed by atoms with E-state index in [0.717, 1.165) is 35.5 Å². The molecule has 0 heterocycles. The highest BCUT2D eigenvalue weighted by atomic mass is 14.5. The maximum atomic E-state index is 2.52. The van der Waals surface area contributed by atoms with E-state index in [4.69, 9.17) is 0 Å². The van der Waals surface area contributed by atoms with E-state index in [-0.39, 0.29) is 0 Å². The molecule has 4 aliphatic carbocycles. The Morgan fingerprint density at radius 3 is 1.43 bits per heavy atom. The van der Waals surface area contributed by atoms with Crippen LogP contribution in [0.1, 0.15) is 52.4 Å². The number of hydrogen-bond donors (Lipinski definition) is 0. The molecule has 80 valence electrons. The molecule has 14 heavy (non-hydrogen) atoms. The van der Waals surface area contributed by atoms with Crippen LogP contribution in [0.15, 0.2) is 0 Å². The van der Waals surface area contributed by atoms with Gasteiger partial charge >= 0.3 is 0 Å². The lowest BCUT2D eigenvalue weighted by molar-refractivity contribution is 0.0147. The highest BCUT2D eigenvalue weighted by molar-refractivity contribution is 4.92. The van der Waals surface area contributed by atoms with Crippen molar-refractivity contribution >= 4 is 0 Å². The van der Waals surface area contributed by atoms with Crippen LogP contribution in [0.4, 0.5) is 0 Å². The predicted molar refractivity (Wildman–Crippen MR) is 60.0 cm³/mol. The first-order chi connectivity index (χ1) is 6.72. The van der Waals surface area contributed by atoms with Gasteiger partial charge in [0.1, 0.15) is 0 Å². The van der Waals surface area contributed by atoms with Crippen LogP contribution >= 0.6 is 0 Å². The molecule has 0 spiro atoms. The molecule has 0 aromatic heterocycles. The summed E-state index contributed by atoms with van der Waals surface area (Å²) in [5.41, 5.74) is 0. The Hall–Kier alpha value is 0. The summed E-state index contributed by atoms with van der Waals surface area (Å²) in [6, 6.07) is 0. The van der Waals surface area contributed by atoms with E-state index in [1.165, 1.54) is 6.42 Å². The van der Waals surface area contributed by atoms with E-state index in [0.29, 0.717) is 0 Å². The van der Waals surface area contributed by atoms with Crippen molar-refractivity contribution in [2.24, 2.45) is 35.5 Å². The van der Waals surface area contributed by atoms with Crippen molar-refractivity contribution in [2.45, 2.75) is 52.4 Å². The number of hydrogen-bond acceptors (Lipinski definition) is 0. The Morgan fingerprint density at radius 1 is 0.571 bits per heavy atom. The van der Waals surface area contributed by atoms with Gasteiger partial charge in [-0.15, -0.1) is 0 Å². The number of fused-ring (bicyclic) bond motifs is 2. The molecule has 0 aliphatic heterocycles. The molecule has 4 rings (SSSR count). The van der Waals surface area contributed by atoms with Gasteiger partial charge in [-0.25, -0.2) is 0 Å². The average Bonchev–Trinajstić information content (AvgIpc) is 2.15. The first-order valence-electron chi connectivity index (χ1n) is 6.72. The van der Waals surface area contributed by atoms with Crippen molar-refractivity contribution < 1.29 is 0 Å². The minimum Gasteiger partial charge on any atom is -0.0622 e. The molecule has 4 fully saturated rings. The quantitative estimate of drug-likeness (QED) is 0.542. The predicted octanol–water partition coefficient (Wildman–Crippen LogP) is 4.10. The Morgan fingerprint density at radius 2 is 1.00 bits per heavy atom. The van der Waals surface area contributed by atoms with Gasteiger partial charge < -0.3 is 0 Å². The fraction of sp³-hybridized carbons (Fsp3) is 1.00. The van der Waals surface area contributed by atoms with Crippen LogP contribution in [-0.4, -0.2) is 0 Å². The summed E-state index contributed by atoms with van der Waals surface area (Å²) in [6.45, 7) is 5.04. The lowest BCUT2D eigenvalue weighted by Crippen LogP contribution is -2.39. The SMILES string of the molecule is CC1CC(C)C2CC3CC(CC1C3)C2. The summed E-state index contributed by atoms with van der Waals surface area (Å²) >= 11 is 0. The van der Waals surface area contributed by atoms with Gasteiger partial charge in [0.2, 0.25) is 0 Å². The first-order valence-corrected chi connectivity index (χ1v) is 6.72. The van der Waals surface area contributed by atoms with Crippen LogP contribution in [0, 0.1) is 35.5 Å². The molecule has 0 heteroatoms. The molecule has 0 aromatic carbocycles. The highest BCUT2D eigenvalue weighted by Crippen LogP contribution is 2.52. The molecule has 0 radical (unpaired) electrons. The second kappa shape index (κ2) is 3.25. The zero-order valence-electron chi connectivity index (χ0n) is 9.71. The van der Waals surface area contributed by atoms with E-state index in [1.54, 1.807) is 32.1 Å². The molecule has 0 aromatic rings. The molecule has 0 nitrogen and oxygen atoms in total.